The Balaban J connectivity index is 2.20. The summed E-state index contributed by atoms with van der Waals surface area (Å²) in [6.07, 6.45) is 3.60. The highest BCUT2D eigenvalue weighted by atomic mass is 16.5. The van der Waals surface area contributed by atoms with Crippen molar-refractivity contribution in [2.45, 2.75) is 38.6 Å². The van der Waals surface area contributed by atoms with E-state index in [1.807, 2.05) is 6.92 Å². The molecule has 7 heteroatoms. The van der Waals surface area contributed by atoms with E-state index < -0.39 is 0 Å². The zero-order valence-corrected chi connectivity index (χ0v) is 12.0. The first-order valence-electron chi connectivity index (χ1n) is 6.98. The first kappa shape index (κ1) is 14.3. The highest BCUT2D eigenvalue weighted by Gasteiger charge is 2.31. The molecule has 0 spiro atoms. The van der Waals surface area contributed by atoms with Crippen LogP contribution in [0.5, 0.6) is 6.01 Å². The molecule has 2 rings (SSSR count). The van der Waals surface area contributed by atoms with E-state index in [2.05, 4.69) is 31.2 Å². The lowest BCUT2D eigenvalue weighted by atomic mass is 10.4. The summed E-state index contributed by atoms with van der Waals surface area (Å²) in [4.78, 5) is 15.0. The van der Waals surface area contributed by atoms with E-state index in [0.29, 0.717) is 43.5 Å². The molecule has 1 aliphatic carbocycles. The van der Waals surface area contributed by atoms with E-state index in [4.69, 9.17) is 10.00 Å². The van der Waals surface area contributed by atoms with Gasteiger partial charge < -0.3 is 15.0 Å². The van der Waals surface area contributed by atoms with Gasteiger partial charge in [0.2, 0.25) is 11.9 Å². The number of ether oxygens (including phenoxy) is 1. The van der Waals surface area contributed by atoms with Gasteiger partial charge in [0, 0.05) is 19.6 Å². The van der Waals surface area contributed by atoms with Gasteiger partial charge in [-0.1, -0.05) is 6.92 Å². The molecule has 1 saturated carbocycles. The molecule has 0 unspecified atom stereocenters. The first-order valence-corrected chi connectivity index (χ1v) is 6.98. The summed E-state index contributed by atoms with van der Waals surface area (Å²) in [6, 6.07) is 2.94. The minimum Gasteiger partial charge on any atom is -0.463 e. The van der Waals surface area contributed by atoms with Gasteiger partial charge in [-0.05, 0) is 19.3 Å². The van der Waals surface area contributed by atoms with Crippen molar-refractivity contribution in [2.75, 3.05) is 30.4 Å². The Kier molecular flexibility index (Phi) is 4.93. The fourth-order valence-corrected chi connectivity index (χ4v) is 1.85. The Bertz CT molecular complexity index is 482. The molecule has 0 aromatic carbocycles. The van der Waals surface area contributed by atoms with Crippen molar-refractivity contribution >= 4 is 11.9 Å². The summed E-state index contributed by atoms with van der Waals surface area (Å²) in [7, 11) is 1.76. The minimum absolute atomic E-state index is 0.337. The van der Waals surface area contributed by atoms with E-state index in [0.717, 1.165) is 19.3 Å². The Labute approximate surface area is 119 Å². The smallest absolute Gasteiger partial charge is 0.323 e. The fraction of sp³-hybridized carbons (Fsp3) is 0.692. The van der Waals surface area contributed by atoms with Gasteiger partial charge in [-0.15, -0.1) is 0 Å². The number of hydrogen-bond donors (Lipinski definition) is 1. The molecule has 0 radical (unpaired) electrons. The Morgan fingerprint density at radius 2 is 2.20 bits per heavy atom. The van der Waals surface area contributed by atoms with Crippen LogP contribution in [0.3, 0.4) is 0 Å². The first-order chi connectivity index (χ1) is 9.78. The van der Waals surface area contributed by atoms with Gasteiger partial charge in [0.25, 0.3) is 0 Å². The second-order valence-corrected chi connectivity index (χ2v) is 4.67. The summed E-state index contributed by atoms with van der Waals surface area (Å²) in [6.45, 7) is 3.25. The van der Waals surface area contributed by atoms with Crippen LogP contribution in [0.4, 0.5) is 11.9 Å². The maximum absolute atomic E-state index is 8.77. The quantitative estimate of drug-likeness (QED) is 0.771. The molecule has 1 aromatic rings. The summed E-state index contributed by atoms with van der Waals surface area (Å²) < 4.78 is 5.50. The number of nitrogens with one attached hydrogen (secondary N) is 1. The van der Waals surface area contributed by atoms with E-state index in [9.17, 15) is 0 Å². The third-order valence-corrected chi connectivity index (χ3v) is 2.97. The Morgan fingerprint density at radius 1 is 1.40 bits per heavy atom. The molecule has 108 valence electrons. The van der Waals surface area contributed by atoms with Gasteiger partial charge in [0.1, 0.15) is 0 Å². The van der Waals surface area contributed by atoms with E-state index in [1.165, 1.54) is 0 Å². The van der Waals surface area contributed by atoms with Crippen molar-refractivity contribution in [1.29, 1.82) is 5.26 Å². The van der Waals surface area contributed by atoms with Crippen LogP contribution < -0.4 is 15.0 Å². The van der Waals surface area contributed by atoms with Crippen LogP contribution in [0.25, 0.3) is 0 Å². The molecule has 1 heterocycles. The van der Waals surface area contributed by atoms with Crippen LogP contribution in [0.2, 0.25) is 0 Å². The summed E-state index contributed by atoms with van der Waals surface area (Å²) in [5.41, 5.74) is 0. The largest absolute Gasteiger partial charge is 0.463 e. The van der Waals surface area contributed by atoms with Gasteiger partial charge >= 0.3 is 6.01 Å². The molecular weight excluding hydrogens is 256 g/mol. The van der Waals surface area contributed by atoms with Crippen LogP contribution in [0.15, 0.2) is 0 Å². The van der Waals surface area contributed by atoms with Crippen LogP contribution >= 0.6 is 0 Å². The van der Waals surface area contributed by atoms with E-state index in [-0.39, 0.29) is 0 Å². The van der Waals surface area contributed by atoms with Gasteiger partial charge in [0.05, 0.1) is 19.1 Å². The summed E-state index contributed by atoms with van der Waals surface area (Å²) in [5.74, 6) is 1.08. The van der Waals surface area contributed by atoms with Gasteiger partial charge in [-0.2, -0.15) is 20.2 Å². The van der Waals surface area contributed by atoms with Gasteiger partial charge in [-0.25, -0.2) is 0 Å². The standard InChI is InChI=1S/C13H20N6O/c1-3-9-20-13-17-11(15-2)16-12(18-13)19(8-4-7-14)10-5-6-10/h10H,3-6,8-9H2,1-2H3,(H,15,16,17,18). The molecule has 0 saturated heterocycles. The van der Waals surface area contributed by atoms with Gasteiger partial charge in [-0.3, -0.25) is 0 Å². The maximum atomic E-state index is 8.77. The van der Waals surface area contributed by atoms with Crippen molar-refractivity contribution in [3.8, 4) is 12.1 Å². The van der Waals surface area contributed by atoms with E-state index in [1.54, 1.807) is 7.05 Å². The minimum atomic E-state index is 0.337. The molecule has 0 atom stereocenters. The molecule has 1 aliphatic rings. The SMILES string of the molecule is CCCOc1nc(NC)nc(N(CCC#N)C2CC2)n1. The molecule has 0 aliphatic heterocycles. The number of rotatable bonds is 8. The van der Waals surface area contributed by atoms with Crippen molar-refractivity contribution in [2.24, 2.45) is 0 Å². The predicted molar refractivity (Wildman–Crippen MR) is 75.8 cm³/mol. The number of aromatic nitrogens is 3. The molecule has 1 N–H and O–H groups in total. The normalized spacial score (nSPS) is 13.7. The monoisotopic (exact) mass is 276 g/mol. The van der Waals surface area contributed by atoms with Crippen molar-refractivity contribution < 1.29 is 4.74 Å². The molecule has 0 bridgehead atoms. The van der Waals surface area contributed by atoms with Crippen molar-refractivity contribution in [3.63, 3.8) is 0 Å². The van der Waals surface area contributed by atoms with Crippen molar-refractivity contribution in [3.05, 3.63) is 0 Å². The second-order valence-electron chi connectivity index (χ2n) is 4.67. The molecular formula is C13H20N6O. The molecule has 1 fully saturated rings. The average molecular weight is 276 g/mol. The Hall–Kier alpha value is -2.10. The predicted octanol–water partition coefficient (Wildman–Crippen LogP) is 1.58. The summed E-state index contributed by atoms with van der Waals surface area (Å²) >= 11 is 0. The highest BCUT2D eigenvalue weighted by Crippen LogP contribution is 2.30. The van der Waals surface area contributed by atoms with Crippen LogP contribution in [-0.2, 0) is 0 Å². The van der Waals surface area contributed by atoms with Gasteiger partial charge in [0.15, 0.2) is 0 Å². The second kappa shape index (κ2) is 6.89. The fourth-order valence-electron chi connectivity index (χ4n) is 1.85. The molecule has 0 amide bonds. The Morgan fingerprint density at radius 3 is 2.80 bits per heavy atom. The summed E-state index contributed by atoms with van der Waals surface area (Å²) in [5, 5.41) is 11.7. The lowest BCUT2D eigenvalue weighted by Crippen LogP contribution is -2.29. The average Bonchev–Trinajstić information content (AvgIpc) is 3.30. The lowest BCUT2D eigenvalue weighted by molar-refractivity contribution is 0.292. The van der Waals surface area contributed by atoms with Crippen LogP contribution in [0, 0.1) is 11.3 Å². The van der Waals surface area contributed by atoms with Crippen LogP contribution in [0.1, 0.15) is 32.6 Å². The van der Waals surface area contributed by atoms with Crippen LogP contribution in [-0.4, -0.2) is 41.2 Å². The molecule has 20 heavy (non-hydrogen) atoms. The molecule has 1 aromatic heterocycles. The highest BCUT2D eigenvalue weighted by molar-refractivity contribution is 5.40. The number of anilines is 2. The molecule has 7 nitrogen and oxygen atoms in total. The van der Waals surface area contributed by atoms with E-state index >= 15 is 0 Å². The maximum Gasteiger partial charge on any atom is 0.323 e. The topological polar surface area (TPSA) is 87.0 Å². The number of nitrogens with zero attached hydrogens (tertiary/aromatic N) is 5. The third-order valence-electron chi connectivity index (χ3n) is 2.97. The lowest BCUT2D eigenvalue weighted by Gasteiger charge is -2.21. The third kappa shape index (κ3) is 3.70. The zero-order valence-electron chi connectivity index (χ0n) is 12.0. The number of hydrogen-bond acceptors (Lipinski definition) is 7. The number of nitriles is 1. The zero-order chi connectivity index (χ0) is 14.4. The van der Waals surface area contributed by atoms with Crippen molar-refractivity contribution in [1.82, 2.24) is 15.0 Å².